The van der Waals surface area contributed by atoms with Crippen LogP contribution in [-0.2, 0) is 9.47 Å². The number of unbranched alkanes of at least 4 members (excludes halogenated alkanes) is 6. The van der Waals surface area contributed by atoms with Gasteiger partial charge in [0.1, 0.15) is 0 Å². The third-order valence-corrected chi connectivity index (χ3v) is 4.04. The molecule has 0 aromatic carbocycles. The fourth-order valence-electron chi connectivity index (χ4n) is 2.12. The lowest BCUT2D eigenvalue weighted by molar-refractivity contribution is 0.289. The molecule has 0 saturated carbocycles. The van der Waals surface area contributed by atoms with Crippen LogP contribution in [0.5, 0.6) is 0 Å². The van der Waals surface area contributed by atoms with E-state index in [0.29, 0.717) is 23.3 Å². The second kappa shape index (κ2) is 13.7. The molecule has 0 aromatic rings. The molecule has 0 N–H and O–H groups in total. The van der Waals surface area contributed by atoms with Crippen molar-refractivity contribution in [2.24, 2.45) is 5.92 Å². The standard InChI is InChI=1S/C16H30O2S2/c1-4-7-8-9-10-11-12-13-14(15(19)17-5-2)16(20)18-6-3/h14H,4-13H2,1-3H3. The van der Waals surface area contributed by atoms with Crippen molar-refractivity contribution in [2.45, 2.75) is 72.1 Å². The first-order valence-corrected chi connectivity index (χ1v) is 8.82. The van der Waals surface area contributed by atoms with Crippen molar-refractivity contribution in [3.63, 3.8) is 0 Å². The predicted molar refractivity (Wildman–Crippen MR) is 94.5 cm³/mol. The van der Waals surface area contributed by atoms with Gasteiger partial charge in [-0.15, -0.1) is 0 Å². The number of ether oxygens (including phenoxy) is 2. The molecule has 0 heterocycles. The van der Waals surface area contributed by atoms with E-state index in [4.69, 9.17) is 33.9 Å². The highest BCUT2D eigenvalue weighted by molar-refractivity contribution is 7.81. The Hall–Kier alpha value is -0.220. The van der Waals surface area contributed by atoms with E-state index in [2.05, 4.69) is 6.92 Å². The summed E-state index contributed by atoms with van der Waals surface area (Å²) in [6.07, 6.45) is 9.97. The lowest BCUT2D eigenvalue weighted by Gasteiger charge is -2.19. The fraction of sp³-hybridized carbons (Fsp3) is 0.875. The van der Waals surface area contributed by atoms with E-state index in [1.54, 1.807) is 0 Å². The molecule has 0 bridgehead atoms. The van der Waals surface area contributed by atoms with E-state index in [0.717, 1.165) is 12.8 Å². The van der Waals surface area contributed by atoms with Crippen molar-refractivity contribution in [3.05, 3.63) is 0 Å². The van der Waals surface area contributed by atoms with Gasteiger partial charge in [0.2, 0.25) is 0 Å². The number of thiocarbonyl (C=S) groups is 2. The summed E-state index contributed by atoms with van der Waals surface area (Å²) >= 11 is 10.6. The molecule has 0 fully saturated rings. The van der Waals surface area contributed by atoms with Crippen molar-refractivity contribution in [1.82, 2.24) is 0 Å². The molecule has 0 rings (SSSR count). The van der Waals surface area contributed by atoms with Crippen molar-refractivity contribution < 1.29 is 9.47 Å². The van der Waals surface area contributed by atoms with Gasteiger partial charge in [-0.3, -0.25) is 0 Å². The zero-order valence-corrected chi connectivity index (χ0v) is 14.9. The minimum Gasteiger partial charge on any atom is -0.487 e. The van der Waals surface area contributed by atoms with Crippen LogP contribution in [-0.4, -0.2) is 23.3 Å². The molecule has 0 amide bonds. The summed E-state index contributed by atoms with van der Waals surface area (Å²) < 4.78 is 10.9. The van der Waals surface area contributed by atoms with Crippen LogP contribution in [0.25, 0.3) is 0 Å². The van der Waals surface area contributed by atoms with E-state index in [1.165, 1.54) is 38.5 Å². The van der Waals surface area contributed by atoms with Gasteiger partial charge >= 0.3 is 0 Å². The molecule has 0 saturated heterocycles. The second-order valence-electron chi connectivity index (χ2n) is 4.97. The highest BCUT2D eigenvalue weighted by Gasteiger charge is 2.21. The van der Waals surface area contributed by atoms with Crippen LogP contribution in [0.2, 0.25) is 0 Å². The van der Waals surface area contributed by atoms with E-state index in [9.17, 15) is 0 Å². The minimum atomic E-state index is -0.00413. The molecule has 4 heteroatoms. The lowest BCUT2D eigenvalue weighted by atomic mass is 10.0. The molecule has 0 atom stereocenters. The van der Waals surface area contributed by atoms with Gasteiger partial charge in [-0.1, -0.05) is 51.9 Å². The van der Waals surface area contributed by atoms with Gasteiger partial charge in [0.15, 0.2) is 10.1 Å². The molecule has 0 unspecified atom stereocenters. The maximum atomic E-state index is 5.45. The molecule has 0 aliphatic heterocycles. The van der Waals surface area contributed by atoms with Gasteiger partial charge in [0.05, 0.1) is 19.1 Å². The number of hydrogen-bond donors (Lipinski definition) is 0. The number of rotatable bonds is 12. The third-order valence-electron chi connectivity index (χ3n) is 3.24. The Morgan fingerprint density at radius 2 is 1.20 bits per heavy atom. The smallest absolute Gasteiger partial charge is 0.171 e. The molecule has 0 spiro atoms. The van der Waals surface area contributed by atoms with Crippen LogP contribution >= 0.6 is 24.4 Å². The zero-order chi connectivity index (χ0) is 15.2. The largest absolute Gasteiger partial charge is 0.487 e. The SMILES string of the molecule is CCCCCCCCCC(C(=S)OCC)C(=S)OCC. The Morgan fingerprint density at radius 3 is 1.65 bits per heavy atom. The Bertz CT molecular complexity index is 249. The molecule has 0 aliphatic carbocycles. The predicted octanol–water partition coefficient (Wildman–Crippen LogP) is 5.47. The van der Waals surface area contributed by atoms with Crippen molar-refractivity contribution >= 4 is 34.5 Å². The van der Waals surface area contributed by atoms with Gasteiger partial charge < -0.3 is 9.47 Å². The molecule has 20 heavy (non-hydrogen) atoms. The average Bonchev–Trinajstić information content (AvgIpc) is 2.42. The third kappa shape index (κ3) is 9.65. The van der Waals surface area contributed by atoms with E-state index in [-0.39, 0.29) is 5.92 Å². The molecule has 118 valence electrons. The quantitative estimate of drug-likeness (QED) is 0.350. The zero-order valence-electron chi connectivity index (χ0n) is 13.3. The molecular weight excluding hydrogens is 288 g/mol. The molecular formula is C16H30O2S2. The summed E-state index contributed by atoms with van der Waals surface area (Å²) in [6, 6.07) is 0. The first kappa shape index (κ1) is 19.8. The second-order valence-corrected chi connectivity index (χ2v) is 5.77. The van der Waals surface area contributed by atoms with Crippen molar-refractivity contribution in [1.29, 1.82) is 0 Å². The highest BCUT2D eigenvalue weighted by Crippen LogP contribution is 2.18. The van der Waals surface area contributed by atoms with E-state index >= 15 is 0 Å². The van der Waals surface area contributed by atoms with Gasteiger partial charge in [0, 0.05) is 0 Å². The van der Waals surface area contributed by atoms with Gasteiger partial charge in [-0.2, -0.15) is 0 Å². The van der Waals surface area contributed by atoms with Crippen LogP contribution in [0.3, 0.4) is 0 Å². The maximum Gasteiger partial charge on any atom is 0.171 e. The fourth-order valence-corrected chi connectivity index (χ4v) is 2.88. The van der Waals surface area contributed by atoms with Gasteiger partial charge in [-0.25, -0.2) is 0 Å². The summed E-state index contributed by atoms with van der Waals surface area (Å²) in [5.41, 5.74) is 0. The summed E-state index contributed by atoms with van der Waals surface area (Å²) in [4.78, 5) is 0. The van der Waals surface area contributed by atoms with Crippen molar-refractivity contribution in [3.8, 4) is 0 Å². The van der Waals surface area contributed by atoms with Crippen LogP contribution in [0.4, 0.5) is 0 Å². The first-order chi connectivity index (χ1) is 9.67. The Balaban J connectivity index is 3.97. The Morgan fingerprint density at radius 1 is 0.750 bits per heavy atom. The minimum absolute atomic E-state index is 0.00413. The highest BCUT2D eigenvalue weighted by atomic mass is 32.1. The normalized spacial score (nSPS) is 10.6. The van der Waals surface area contributed by atoms with Crippen LogP contribution in [0, 0.1) is 5.92 Å². The summed E-state index contributed by atoms with van der Waals surface area (Å²) in [7, 11) is 0. The van der Waals surface area contributed by atoms with E-state index < -0.39 is 0 Å². The summed E-state index contributed by atoms with van der Waals surface area (Å²) in [5, 5.41) is 1.19. The molecule has 2 nitrogen and oxygen atoms in total. The lowest BCUT2D eigenvalue weighted by Crippen LogP contribution is -2.25. The molecule has 0 aliphatic rings. The summed E-state index contributed by atoms with van der Waals surface area (Å²) in [6.45, 7) is 7.33. The van der Waals surface area contributed by atoms with Gasteiger partial charge in [0.25, 0.3) is 0 Å². The molecule has 0 aromatic heterocycles. The molecule has 0 radical (unpaired) electrons. The Kier molecular flexibility index (Phi) is 13.6. The Labute approximate surface area is 135 Å². The van der Waals surface area contributed by atoms with Crippen LogP contribution < -0.4 is 0 Å². The van der Waals surface area contributed by atoms with Crippen molar-refractivity contribution in [2.75, 3.05) is 13.2 Å². The van der Waals surface area contributed by atoms with Crippen LogP contribution in [0.1, 0.15) is 72.1 Å². The number of hydrogen-bond acceptors (Lipinski definition) is 4. The maximum absolute atomic E-state index is 5.45. The average molecular weight is 319 g/mol. The van der Waals surface area contributed by atoms with Crippen LogP contribution in [0.15, 0.2) is 0 Å². The van der Waals surface area contributed by atoms with E-state index in [1.807, 2.05) is 13.8 Å². The summed E-state index contributed by atoms with van der Waals surface area (Å²) in [5.74, 6) is -0.00413. The monoisotopic (exact) mass is 318 g/mol. The first-order valence-electron chi connectivity index (χ1n) is 8.00. The van der Waals surface area contributed by atoms with Gasteiger partial charge in [-0.05, 0) is 44.7 Å². The topological polar surface area (TPSA) is 18.5 Å².